The van der Waals surface area contributed by atoms with Crippen LogP contribution in [0.25, 0.3) is 0 Å². The highest BCUT2D eigenvalue weighted by Crippen LogP contribution is 2.06. The van der Waals surface area contributed by atoms with Crippen molar-refractivity contribution in [3.63, 3.8) is 0 Å². The molecule has 0 N–H and O–H groups in total. The second-order valence-corrected chi connectivity index (χ2v) is 3.66. The van der Waals surface area contributed by atoms with Gasteiger partial charge in [-0.1, -0.05) is 44.7 Å². The number of allylic oxidation sites excluding steroid dienone is 4. The monoisotopic (exact) mass is 207 g/mol. The fraction of sp³-hybridized carbons (Fsp3) is 0.571. The molecule has 0 aromatic carbocycles. The van der Waals surface area contributed by atoms with Crippen molar-refractivity contribution in [2.24, 2.45) is 0 Å². The van der Waals surface area contributed by atoms with Crippen LogP contribution in [0.5, 0.6) is 0 Å². The largest absolute Gasteiger partial charge is 0.303 e. The number of hydrogen-bond acceptors (Lipinski definition) is 1. The van der Waals surface area contributed by atoms with Crippen LogP contribution < -0.4 is 0 Å². The smallest absolute Gasteiger partial charge is 0.00217 e. The standard InChI is InChI=1S/C14H25N/c1-5-9-14(10-6-2)11-13-15(8-4)12-7-3/h5-6,9-10H,1,7-8,11-13H2,2-4H3/b10-6+,14-9+. The van der Waals surface area contributed by atoms with Crippen LogP contribution in [0.4, 0.5) is 0 Å². The molecular formula is C14H25N. The van der Waals surface area contributed by atoms with Crippen LogP contribution in [0, 0.1) is 0 Å². The third-order valence-electron chi connectivity index (χ3n) is 2.42. The summed E-state index contributed by atoms with van der Waals surface area (Å²) in [5.74, 6) is 0. The lowest BCUT2D eigenvalue weighted by atomic mass is 10.1. The van der Waals surface area contributed by atoms with Crippen molar-refractivity contribution in [1.82, 2.24) is 4.90 Å². The molecule has 86 valence electrons. The summed E-state index contributed by atoms with van der Waals surface area (Å²) in [5.41, 5.74) is 1.36. The summed E-state index contributed by atoms with van der Waals surface area (Å²) in [6.07, 6.45) is 10.6. The van der Waals surface area contributed by atoms with Gasteiger partial charge >= 0.3 is 0 Å². The Hall–Kier alpha value is -0.820. The van der Waals surface area contributed by atoms with E-state index in [2.05, 4.69) is 50.5 Å². The molecule has 0 saturated carbocycles. The van der Waals surface area contributed by atoms with Crippen LogP contribution in [0.15, 0.2) is 36.5 Å². The van der Waals surface area contributed by atoms with Crippen LogP contribution in [0.2, 0.25) is 0 Å². The highest BCUT2D eigenvalue weighted by Gasteiger charge is 2.00. The van der Waals surface area contributed by atoms with E-state index in [1.165, 1.54) is 18.5 Å². The molecule has 0 bridgehead atoms. The van der Waals surface area contributed by atoms with Gasteiger partial charge in [0.15, 0.2) is 0 Å². The quantitative estimate of drug-likeness (QED) is 0.547. The van der Waals surface area contributed by atoms with E-state index in [4.69, 9.17) is 0 Å². The topological polar surface area (TPSA) is 3.24 Å². The van der Waals surface area contributed by atoms with Crippen LogP contribution in [0.3, 0.4) is 0 Å². The summed E-state index contributed by atoms with van der Waals surface area (Å²) < 4.78 is 0. The predicted molar refractivity (Wildman–Crippen MR) is 70.1 cm³/mol. The van der Waals surface area contributed by atoms with Crippen molar-refractivity contribution >= 4 is 0 Å². The van der Waals surface area contributed by atoms with Crippen molar-refractivity contribution in [3.05, 3.63) is 36.5 Å². The Morgan fingerprint density at radius 1 is 1.27 bits per heavy atom. The predicted octanol–water partition coefficient (Wildman–Crippen LogP) is 3.80. The first-order valence-corrected chi connectivity index (χ1v) is 5.95. The van der Waals surface area contributed by atoms with E-state index >= 15 is 0 Å². The van der Waals surface area contributed by atoms with E-state index in [1.807, 2.05) is 6.08 Å². The lowest BCUT2D eigenvalue weighted by molar-refractivity contribution is 0.293. The molecule has 0 amide bonds. The van der Waals surface area contributed by atoms with E-state index in [-0.39, 0.29) is 0 Å². The molecule has 0 aliphatic heterocycles. The van der Waals surface area contributed by atoms with Gasteiger partial charge in [-0.3, -0.25) is 0 Å². The fourth-order valence-electron chi connectivity index (χ4n) is 1.62. The molecule has 0 unspecified atom stereocenters. The van der Waals surface area contributed by atoms with Crippen molar-refractivity contribution in [2.45, 2.75) is 33.6 Å². The van der Waals surface area contributed by atoms with Crippen LogP contribution in [0.1, 0.15) is 33.6 Å². The van der Waals surface area contributed by atoms with Gasteiger partial charge in [0.1, 0.15) is 0 Å². The lowest BCUT2D eigenvalue weighted by Gasteiger charge is -2.19. The van der Waals surface area contributed by atoms with E-state index in [0.29, 0.717) is 0 Å². The van der Waals surface area contributed by atoms with Gasteiger partial charge < -0.3 is 4.90 Å². The zero-order chi connectivity index (χ0) is 11.5. The molecule has 1 nitrogen and oxygen atoms in total. The molecule has 0 aromatic rings. The van der Waals surface area contributed by atoms with Gasteiger partial charge in [-0.05, 0) is 38.4 Å². The Kier molecular flexibility index (Phi) is 9.19. The average Bonchev–Trinajstić information content (AvgIpc) is 2.24. The molecule has 0 aliphatic carbocycles. The van der Waals surface area contributed by atoms with Crippen molar-refractivity contribution in [2.75, 3.05) is 19.6 Å². The van der Waals surface area contributed by atoms with Crippen LogP contribution >= 0.6 is 0 Å². The highest BCUT2D eigenvalue weighted by molar-refractivity contribution is 5.22. The minimum atomic E-state index is 1.12. The Bertz CT molecular complexity index is 213. The second-order valence-electron chi connectivity index (χ2n) is 3.66. The summed E-state index contributed by atoms with van der Waals surface area (Å²) in [6.45, 7) is 13.7. The van der Waals surface area contributed by atoms with Crippen molar-refractivity contribution < 1.29 is 0 Å². The fourth-order valence-corrected chi connectivity index (χ4v) is 1.62. The van der Waals surface area contributed by atoms with Gasteiger partial charge in [0.2, 0.25) is 0 Å². The van der Waals surface area contributed by atoms with Gasteiger partial charge in [-0.25, -0.2) is 0 Å². The van der Waals surface area contributed by atoms with Crippen LogP contribution in [-0.4, -0.2) is 24.5 Å². The van der Waals surface area contributed by atoms with E-state index < -0.39 is 0 Å². The minimum Gasteiger partial charge on any atom is -0.303 e. The van der Waals surface area contributed by atoms with E-state index in [1.54, 1.807) is 0 Å². The summed E-state index contributed by atoms with van der Waals surface area (Å²) in [7, 11) is 0. The first-order valence-electron chi connectivity index (χ1n) is 5.95. The summed E-state index contributed by atoms with van der Waals surface area (Å²) in [5, 5.41) is 0. The first-order chi connectivity index (χ1) is 7.28. The van der Waals surface area contributed by atoms with Gasteiger partial charge in [-0.15, -0.1) is 0 Å². The molecule has 0 rings (SSSR count). The maximum Gasteiger partial charge on any atom is 0.00217 e. The number of rotatable bonds is 8. The molecule has 0 atom stereocenters. The SMILES string of the molecule is C=C/C=C(\C=C\C)CCN(CC)CCC. The highest BCUT2D eigenvalue weighted by atomic mass is 15.1. The van der Waals surface area contributed by atoms with Crippen LogP contribution in [-0.2, 0) is 0 Å². The average molecular weight is 207 g/mol. The van der Waals surface area contributed by atoms with E-state index in [0.717, 1.165) is 19.5 Å². The van der Waals surface area contributed by atoms with Crippen molar-refractivity contribution in [1.29, 1.82) is 0 Å². The normalized spacial score (nSPS) is 12.7. The molecule has 0 spiro atoms. The van der Waals surface area contributed by atoms with Gasteiger partial charge in [0.25, 0.3) is 0 Å². The molecule has 0 saturated heterocycles. The maximum atomic E-state index is 3.74. The van der Waals surface area contributed by atoms with Gasteiger partial charge in [0.05, 0.1) is 0 Å². The Morgan fingerprint density at radius 2 is 2.00 bits per heavy atom. The molecule has 0 aromatic heterocycles. The summed E-state index contributed by atoms with van der Waals surface area (Å²) in [6, 6.07) is 0. The Balaban J connectivity index is 4.07. The first kappa shape index (κ1) is 14.2. The van der Waals surface area contributed by atoms with Gasteiger partial charge in [0, 0.05) is 6.54 Å². The Morgan fingerprint density at radius 3 is 2.47 bits per heavy atom. The second kappa shape index (κ2) is 9.72. The lowest BCUT2D eigenvalue weighted by Crippen LogP contribution is -2.25. The Labute approximate surface area is 95.2 Å². The molecule has 1 heteroatoms. The molecule has 15 heavy (non-hydrogen) atoms. The molecule has 0 heterocycles. The van der Waals surface area contributed by atoms with Crippen molar-refractivity contribution in [3.8, 4) is 0 Å². The minimum absolute atomic E-state index is 1.12. The van der Waals surface area contributed by atoms with Gasteiger partial charge in [-0.2, -0.15) is 0 Å². The van der Waals surface area contributed by atoms with E-state index in [9.17, 15) is 0 Å². The molecule has 0 radical (unpaired) electrons. The third-order valence-corrected chi connectivity index (χ3v) is 2.42. The summed E-state index contributed by atoms with van der Waals surface area (Å²) >= 11 is 0. The molecular weight excluding hydrogens is 182 g/mol. The summed E-state index contributed by atoms with van der Waals surface area (Å²) in [4.78, 5) is 2.49. The molecule has 0 fully saturated rings. The number of hydrogen-bond donors (Lipinski definition) is 0. The molecule has 0 aliphatic rings. The third kappa shape index (κ3) is 7.15. The zero-order valence-electron chi connectivity index (χ0n) is 10.5. The maximum absolute atomic E-state index is 3.74. The zero-order valence-corrected chi connectivity index (χ0v) is 10.5. The number of nitrogens with zero attached hydrogens (tertiary/aromatic N) is 1.